The van der Waals surface area contributed by atoms with E-state index >= 15 is 0 Å². The molecule has 0 aliphatic heterocycles. The molecule has 0 heterocycles. The van der Waals surface area contributed by atoms with Gasteiger partial charge in [0.1, 0.15) is 12.4 Å². The molecule has 0 N–H and O–H groups in total. The Kier molecular flexibility index (Phi) is 7.29. The fourth-order valence-corrected chi connectivity index (χ4v) is 3.52. The lowest BCUT2D eigenvalue weighted by molar-refractivity contribution is 0.304. The maximum atomic E-state index is 5.88. The molecule has 4 rings (SSSR count). The van der Waals surface area contributed by atoms with E-state index in [9.17, 15) is 0 Å². The average Bonchev–Trinajstić information content (AvgIpc) is 2.74. The number of ether oxygens (including phenoxy) is 1. The summed E-state index contributed by atoms with van der Waals surface area (Å²) in [6.07, 6.45) is 0. The van der Waals surface area contributed by atoms with Crippen molar-refractivity contribution in [1.82, 2.24) is 4.90 Å². The normalized spacial score (nSPS) is 10.7. The Balaban J connectivity index is 0.00000240. The molecule has 0 fully saturated rings. The number of hydrogen-bond donors (Lipinski definition) is 0. The molecule has 0 aliphatic carbocycles. The van der Waals surface area contributed by atoms with Crippen molar-refractivity contribution in [3.63, 3.8) is 0 Å². The van der Waals surface area contributed by atoms with Crippen LogP contribution in [0.4, 0.5) is 0 Å². The smallest absolute Gasteiger partial charge is 0.119 e. The van der Waals surface area contributed by atoms with Crippen molar-refractivity contribution in [3.8, 4) is 5.75 Å². The van der Waals surface area contributed by atoms with Crippen LogP contribution in [-0.2, 0) is 19.7 Å². The lowest BCUT2D eigenvalue weighted by Crippen LogP contribution is -2.17. The second kappa shape index (κ2) is 10.1. The van der Waals surface area contributed by atoms with Crippen LogP contribution in [-0.4, -0.2) is 11.9 Å². The van der Waals surface area contributed by atoms with E-state index in [1.165, 1.54) is 27.5 Å². The highest BCUT2D eigenvalue weighted by Gasteiger charge is 2.06. The second-order valence-electron chi connectivity index (χ2n) is 7.23. The minimum atomic E-state index is 0. The Labute approximate surface area is 179 Å². The molecule has 0 aliphatic rings. The van der Waals surface area contributed by atoms with E-state index in [1.807, 2.05) is 18.2 Å². The van der Waals surface area contributed by atoms with Crippen LogP contribution in [0.3, 0.4) is 0 Å². The minimum absolute atomic E-state index is 0. The van der Waals surface area contributed by atoms with Crippen LogP contribution >= 0.6 is 12.4 Å². The van der Waals surface area contributed by atoms with Gasteiger partial charge in [-0.2, -0.15) is 0 Å². The van der Waals surface area contributed by atoms with Crippen molar-refractivity contribution in [3.05, 3.63) is 114 Å². The molecular weight excluding hydrogens is 378 g/mol. The highest BCUT2D eigenvalue weighted by atomic mass is 35.5. The Bertz CT molecular complexity index is 1030. The third kappa shape index (κ3) is 5.60. The van der Waals surface area contributed by atoms with Crippen LogP contribution < -0.4 is 4.74 Å². The van der Waals surface area contributed by atoms with Gasteiger partial charge in [-0.3, -0.25) is 4.90 Å². The topological polar surface area (TPSA) is 12.5 Å². The number of benzene rings is 4. The molecule has 0 spiro atoms. The van der Waals surface area contributed by atoms with Gasteiger partial charge in [0.05, 0.1) is 0 Å². The van der Waals surface area contributed by atoms with Gasteiger partial charge in [-0.05, 0) is 46.6 Å². The molecule has 0 unspecified atom stereocenters. The highest BCUT2D eigenvalue weighted by molar-refractivity contribution is 5.86. The van der Waals surface area contributed by atoms with E-state index in [-0.39, 0.29) is 12.4 Å². The monoisotopic (exact) mass is 403 g/mol. The molecule has 3 heteroatoms. The van der Waals surface area contributed by atoms with Gasteiger partial charge in [0.15, 0.2) is 0 Å². The van der Waals surface area contributed by atoms with Crippen LogP contribution in [0.5, 0.6) is 5.75 Å². The van der Waals surface area contributed by atoms with E-state index in [0.717, 1.165) is 18.8 Å². The molecule has 0 atom stereocenters. The molecule has 0 aromatic heterocycles. The molecule has 2 nitrogen and oxygen atoms in total. The van der Waals surface area contributed by atoms with E-state index in [2.05, 4.69) is 90.8 Å². The van der Waals surface area contributed by atoms with Gasteiger partial charge in [0.2, 0.25) is 0 Å². The van der Waals surface area contributed by atoms with Crippen molar-refractivity contribution in [2.75, 3.05) is 7.05 Å². The Morgan fingerprint density at radius 1 is 0.655 bits per heavy atom. The summed E-state index contributed by atoms with van der Waals surface area (Å²) in [6, 6.07) is 33.8. The summed E-state index contributed by atoms with van der Waals surface area (Å²) < 4.78 is 5.88. The van der Waals surface area contributed by atoms with Crippen LogP contribution in [0.2, 0.25) is 0 Å². The van der Waals surface area contributed by atoms with Gasteiger partial charge in [-0.1, -0.05) is 84.9 Å². The van der Waals surface area contributed by atoms with Crippen molar-refractivity contribution < 1.29 is 4.74 Å². The molecule has 0 amide bonds. The van der Waals surface area contributed by atoms with Gasteiger partial charge in [-0.15, -0.1) is 12.4 Å². The summed E-state index contributed by atoms with van der Waals surface area (Å²) in [5.41, 5.74) is 3.83. The maximum absolute atomic E-state index is 5.88. The van der Waals surface area contributed by atoms with E-state index < -0.39 is 0 Å². The Morgan fingerprint density at radius 2 is 1.34 bits per heavy atom. The van der Waals surface area contributed by atoms with Crippen LogP contribution in [0.1, 0.15) is 16.7 Å². The Morgan fingerprint density at radius 3 is 2.14 bits per heavy atom. The molecule has 0 saturated heterocycles. The van der Waals surface area contributed by atoms with Gasteiger partial charge < -0.3 is 4.74 Å². The number of halogens is 1. The number of nitrogens with zero attached hydrogens (tertiary/aromatic N) is 1. The summed E-state index contributed by atoms with van der Waals surface area (Å²) in [5.74, 6) is 0.907. The molecule has 148 valence electrons. The van der Waals surface area contributed by atoms with Gasteiger partial charge in [0.25, 0.3) is 0 Å². The van der Waals surface area contributed by atoms with E-state index in [4.69, 9.17) is 4.74 Å². The molecule has 0 bridgehead atoms. The third-order valence-corrected chi connectivity index (χ3v) is 4.94. The van der Waals surface area contributed by atoms with Gasteiger partial charge in [0, 0.05) is 13.1 Å². The van der Waals surface area contributed by atoms with Crippen LogP contribution in [0, 0.1) is 0 Å². The largest absolute Gasteiger partial charge is 0.489 e. The zero-order chi connectivity index (χ0) is 19.2. The highest BCUT2D eigenvalue weighted by Crippen LogP contribution is 2.21. The first-order chi connectivity index (χ1) is 13.8. The summed E-state index contributed by atoms with van der Waals surface area (Å²) in [4.78, 5) is 2.35. The minimum Gasteiger partial charge on any atom is -0.489 e. The molecule has 0 saturated carbocycles. The summed E-state index contributed by atoms with van der Waals surface area (Å²) >= 11 is 0. The first-order valence-electron chi connectivity index (χ1n) is 9.69. The van der Waals surface area contributed by atoms with Crippen molar-refractivity contribution in [2.24, 2.45) is 0 Å². The molecule has 4 aromatic rings. The zero-order valence-electron chi connectivity index (χ0n) is 16.6. The fourth-order valence-electron chi connectivity index (χ4n) is 3.52. The fraction of sp³-hybridized carbons (Fsp3) is 0.154. The quantitative estimate of drug-likeness (QED) is 0.350. The lowest BCUT2D eigenvalue weighted by Gasteiger charge is -2.18. The SMILES string of the molecule is CN(Cc1ccc(OCc2ccccc2)cc1)Cc1cccc2ccccc12.Cl. The molecule has 4 aromatic carbocycles. The third-order valence-electron chi connectivity index (χ3n) is 4.94. The predicted molar refractivity (Wildman–Crippen MR) is 124 cm³/mol. The van der Waals surface area contributed by atoms with Crippen LogP contribution in [0.15, 0.2) is 97.1 Å². The maximum Gasteiger partial charge on any atom is 0.119 e. The van der Waals surface area contributed by atoms with Crippen LogP contribution in [0.25, 0.3) is 10.8 Å². The molecular formula is C26H26ClNO. The lowest BCUT2D eigenvalue weighted by atomic mass is 10.0. The predicted octanol–water partition coefficient (Wildman–Crippen LogP) is 6.47. The first kappa shape index (κ1) is 20.9. The standard InChI is InChI=1S/C26H25NO.ClH/c1-27(19-24-12-7-11-23-10-5-6-13-26(23)24)18-21-14-16-25(17-15-21)28-20-22-8-3-2-4-9-22;/h2-17H,18-20H2,1H3;1H. The Hall–Kier alpha value is -2.81. The second-order valence-corrected chi connectivity index (χ2v) is 7.23. The number of hydrogen-bond acceptors (Lipinski definition) is 2. The zero-order valence-corrected chi connectivity index (χ0v) is 17.4. The van der Waals surface area contributed by atoms with E-state index in [0.29, 0.717) is 6.61 Å². The number of fused-ring (bicyclic) bond motifs is 1. The van der Waals surface area contributed by atoms with Gasteiger partial charge >= 0.3 is 0 Å². The van der Waals surface area contributed by atoms with E-state index in [1.54, 1.807) is 0 Å². The first-order valence-corrected chi connectivity index (χ1v) is 9.69. The van der Waals surface area contributed by atoms with Crippen molar-refractivity contribution >= 4 is 23.2 Å². The summed E-state index contributed by atoms with van der Waals surface area (Å²) in [7, 11) is 2.17. The van der Waals surface area contributed by atoms with Crippen molar-refractivity contribution in [1.29, 1.82) is 0 Å². The molecule has 29 heavy (non-hydrogen) atoms. The number of rotatable bonds is 7. The molecule has 0 radical (unpaired) electrons. The summed E-state index contributed by atoms with van der Waals surface area (Å²) in [5, 5.41) is 2.63. The van der Waals surface area contributed by atoms with Crippen molar-refractivity contribution in [2.45, 2.75) is 19.7 Å². The summed E-state index contributed by atoms with van der Waals surface area (Å²) in [6.45, 7) is 2.43. The average molecular weight is 404 g/mol. The van der Waals surface area contributed by atoms with Gasteiger partial charge in [-0.25, -0.2) is 0 Å².